The lowest BCUT2D eigenvalue weighted by atomic mass is 10.0. The molecule has 1 aromatic carbocycles. The fourth-order valence-corrected chi connectivity index (χ4v) is 6.43. The van der Waals surface area contributed by atoms with Crippen LogP contribution in [0.25, 0.3) is 11.2 Å². The smallest absolute Gasteiger partial charge is 0.407 e. The maximum absolute atomic E-state index is 11.4. The second-order valence-electron chi connectivity index (χ2n) is 10.3. The van der Waals surface area contributed by atoms with E-state index in [-0.39, 0.29) is 0 Å². The van der Waals surface area contributed by atoms with Crippen molar-refractivity contribution in [3.8, 4) is 0 Å². The molecular weight excluding hydrogens is 581 g/mol. The average molecular weight is 625 g/mol. The largest absolute Gasteiger partial charge is 0.465 e. The van der Waals surface area contributed by atoms with Crippen molar-refractivity contribution in [1.82, 2.24) is 29.7 Å². The summed E-state index contributed by atoms with van der Waals surface area (Å²) in [6, 6.07) is 5.88. The summed E-state index contributed by atoms with van der Waals surface area (Å²) < 4.78 is 2.09. The third-order valence-corrected chi connectivity index (χ3v) is 8.40. The van der Waals surface area contributed by atoms with E-state index in [2.05, 4.69) is 33.7 Å². The minimum absolute atomic E-state index is 0.356. The number of imidazole rings is 1. The number of hydrogen-bond donors (Lipinski definition) is 3. The van der Waals surface area contributed by atoms with Gasteiger partial charge in [-0.05, 0) is 56.8 Å². The number of hydrogen-bond acceptors (Lipinski definition) is 7. The summed E-state index contributed by atoms with van der Waals surface area (Å²) in [6.07, 6.45) is 11.1. The van der Waals surface area contributed by atoms with Crippen molar-refractivity contribution in [2.24, 2.45) is 0 Å². The first-order valence-electron chi connectivity index (χ1n) is 14.6. The van der Waals surface area contributed by atoms with E-state index in [9.17, 15) is 9.90 Å². The molecule has 1 atom stereocenters. The molecule has 0 saturated heterocycles. The molecule has 0 bridgehead atoms. The van der Waals surface area contributed by atoms with Crippen molar-refractivity contribution >= 4 is 58.0 Å². The first-order valence-corrected chi connectivity index (χ1v) is 16.2. The van der Waals surface area contributed by atoms with Crippen molar-refractivity contribution in [2.75, 3.05) is 25.4 Å². The molecular formula is C29H43Cl2N7O2S. The van der Waals surface area contributed by atoms with Gasteiger partial charge in [0.2, 0.25) is 0 Å². The molecule has 12 heteroatoms. The maximum Gasteiger partial charge on any atom is 0.407 e. The van der Waals surface area contributed by atoms with Crippen LogP contribution in [-0.4, -0.2) is 61.3 Å². The van der Waals surface area contributed by atoms with Crippen LogP contribution in [0.1, 0.15) is 78.1 Å². The predicted octanol–water partition coefficient (Wildman–Crippen LogP) is 7.75. The molecule has 41 heavy (non-hydrogen) atoms. The monoisotopic (exact) mass is 623 g/mol. The zero-order valence-electron chi connectivity index (χ0n) is 24.1. The van der Waals surface area contributed by atoms with Gasteiger partial charge in [0.05, 0.1) is 0 Å². The summed E-state index contributed by atoms with van der Waals surface area (Å²) in [4.78, 5) is 27.2. The summed E-state index contributed by atoms with van der Waals surface area (Å²) in [5.74, 6) is 0.356. The molecule has 0 aliphatic carbocycles. The van der Waals surface area contributed by atoms with Crippen LogP contribution in [0.15, 0.2) is 34.6 Å². The molecule has 1 unspecified atom stereocenters. The van der Waals surface area contributed by atoms with Crippen molar-refractivity contribution in [2.45, 2.75) is 101 Å². The van der Waals surface area contributed by atoms with Crippen LogP contribution < -0.4 is 11.1 Å². The summed E-state index contributed by atoms with van der Waals surface area (Å²) >= 11 is 13.9. The van der Waals surface area contributed by atoms with Crippen LogP contribution in [0.4, 0.5) is 10.6 Å². The van der Waals surface area contributed by atoms with Gasteiger partial charge in [-0.25, -0.2) is 19.7 Å². The van der Waals surface area contributed by atoms with E-state index in [0.29, 0.717) is 46.2 Å². The molecule has 0 spiro atoms. The second kappa shape index (κ2) is 17.6. The molecule has 4 N–H and O–H groups in total. The van der Waals surface area contributed by atoms with E-state index in [1.54, 1.807) is 11.0 Å². The number of anilines is 1. The Hall–Kier alpha value is -2.27. The number of amides is 1. The minimum atomic E-state index is -0.807. The van der Waals surface area contributed by atoms with Gasteiger partial charge >= 0.3 is 6.09 Å². The number of nitrogen functional groups attached to an aromatic ring is 1. The van der Waals surface area contributed by atoms with Gasteiger partial charge in [0.15, 0.2) is 22.1 Å². The van der Waals surface area contributed by atoms with Gasteiger partial charge in [-0.1, -0.05) is 80.9 Å². The highest BCUT2D eigenvalue weighted by Crippen LogP contribution is 2.34. The summed E-state index contributed by atoms with van der Waals surface area (Å²) in [5, 5.41) is 15.1. The van der Waals surface area contributed by atoms with Gasteiger partial charge in [-0.15, -0.1) is 0 Å². The summed E-state index contributed by atoms with van der Waals surface area (Å²) in [7, 11) is 0. The highest BCUT2D eigenvalue weighted by Gasteiger charge is 2.17. The summed E-state index contributed by atoms with van der Waals surface area (Å²) in [6.45, 7) is 7.14. The number of nitrogens with one attached hydrogen (secondary N) is 1. The quantitative estimate of drug-likeness (QED) is 0.116. The number of aryl methyl sites for hydroxylation is 1. The van der Waals surface area contributed by atoms with E-state index in [1.807, 2.05) is 12.1 Å². The lowest BCUT2D eigenvalue weighted by Crippen LogP contribution is -2.32. The van der Waals surface area contributed by atoms with Crippen molar-refractivity contribution in [3.05, 3.63) is 34.6 Å². The fraction of sp³-hybridized carbons (Fsp3) is 0.586. The van der Waals surface area contributed by atoms with E-state index >= 15 is 0 Å². The molecule has 9 nitrogen and oxygen atoms in total. The zero-order valence-corrected chi connectivity index (χ0v) is 26.4. The Kier molecular flexibility index (Phi) is 14.3. The molecule has 0 radical (unpaired) electrons. The van der Waals surface area contributed by atoms with Crippen LogP contribution >= 0.6 is 35.0 Å². The Morgan fingerprint density at radius 1 is 1.02 bits per heavy atom. The van der Waals surface area contributed by atoms with Crippen LogP contribution in [-0.2, 0) is 6.54 Å². The number of carbonyl (C=O) groups is 1. The Morgan fingerprint density at radius 3 is 2.44 bits per heavy atom. The van der Waals surface area contributed by atoms with E-state index in [0.717, 1.165) is 74.5 Å². The highest BCUT2D eigenvalue weighted by atomic mass is 35.5. The number of fused-ring (bicyclic) bond motifs is 1. The van der Waals surface area contributed by atoms with Gasteiger partial charge in [0.25, 0.3) is 0 Å². The molecule has 0 aliphatic rings. The Labute approximate surface area is 257 Å². The van der Waals surface area contributed by atoms with Crippen LogP contribution in [0.2, 0.25) is 10.0 Å². The Balaban J connectivity index is 1.55. The van der Waals surface area contributed by atoms with Gasteiger partial charge < -0.3 is 25.6 Å². The number of nitrogens with two attached hydrogens (primary N) is 1. The first-order chi connectivity index (χ1) is 19.8. The second-order valence-corrected chi connectivity index (χ2v) is 12.2. The van der Waals surface area contributed by atoms with E-state index < -0.39 is 6.09 Å². The minimum Gasteiger partial charge on any atom is -0.465 e. The molecule has 226 valence electrons. The lowest BCUT2D eigenvalue weighted by Gasteiger charge is -2.20. The molecule has 2 heterocycles. The van der Waals surface area contributed by atoms with Crippen LogP contribution in [0, 0.1) is 0 Å². The van der Waals surface area contributed by atoms with Crippen LogP contribution in [0.5, 0.6) is 0 Å². The van der Waals surface area contributed by atoms with Gasteiger partial charge in [0.1, 0.15) is 6.33 Å². The van der Waals surface area contributed by atoms with Crippen molar-refractivity contribution in [3.63, 3.8) is 0 Å². The molecule has 0 saturated carbocycles. The zero-order chi connectivity index (χ0) is 29.6. The van der Waals surface area contributed by atoms with E-state index in [4.69, 9.17) is 33.9 Å². The molecule has 2 aromatic heterocycles. The Bertz CT molecular complexity index is 1220. The topological polar surface area (TPSA) is 122 Å². The van der Waals surface area contributed by atoms with E-state index in [1.165, 1.54) is 30.9 Å². The molecule has 3 aromatic rings. The molecule has 1 amide bonds. The molecule has 0 aliphatic heterocycles. The number of nitrogens with zero attached hydrogens (tertiary/aromatic N) is 5. The maximum atomic E-state index is 11.4. The number of benzene rings is 1. The first kappa shape index (κ1) is 33.2. The highest BCUT2D eigenvalue weighted by molar-refractivity contribution is 7.99. The van der Waals surface area contributed by atoms with Gasteiger partial charge in [0, 0.05) is 40.6 Å². The summed E-state index contributed by atoms with van der Waals surface area (Å²) in [5.41, 5.74) is 7.42. The average Bonchev–Trinajstić information content (AvgIpc) is 3.27. The third kappa shape index (κ3) is 10.8. The van der Waals surface area contributed by atoms with Gasteiger partial charge in [-0.3, -0.25) is 0 Å². The predicted molar refractivity (Wildman–Crippen MR) is 169 cm³/mol. The lowest BCUT2D eigenvalue weighted by molar-refractivity contribution is 0.143. The van der Waals surface area contributed by atoms with Crippen LogP contribution in [0.3, 0.4) is 0 Å². The number of aromatic nitrogens is 4. The van der Waals surface area contributed by atoms with Gasteiger partial charge in [-0.2, -0.15) is 0 Å². The van der Waals surface area contributed by atoms with Crippen molar-refractivity contribution in [1.29, 1.82) is 0 Å². The normalized spacial score (nSPS) is 12.2. The third-order valence-electron chi connectivity index (χ3n) is 7.00. The number of carboxylic acid groups (broad SMARTS) is 1. The number of rotatable bonds is 19. The van der Waals surface area contributed by atoms with Crippen molar-refractivity contribution < 1.29 is 9.90 Å². The number of halogens is 2. The fourth-order valence-electron chi connectivity index (χ4n) is 4.77. The molecule has 3 rings (SSSR count). The standard InChI is InChI=1S/C29H43Cl2N7O2S/c1-3-5-11-23(12-8-7-9-15-37(29(39)40)14-6-4-2)33-13-10-16-38-27-25(26(32)34-20-35-27)36-28(38)41-24-18-21(30)17-22(31)19-24/h17-20,23,33H,3-16H2,1-2H3,(H,39,40)(H2,32,34,35). The molecule has 0 fully saturated rings. The SMILES string of the molecule is CCCCC(CCCCCN(CCCC)C(=O)O)NCCCn1c(Sc2cc(Cl)cc(Cl)c2)nc2c(N)ncnc21. The Morgan fingerprint density at radius 2 is 1.73 bits per heavy atom. The number of unbranched alkanes of at least 4 members (excludes halogenated alkanes) is 4.